The summed E-state index contributed by atoms with van der Waals surface area (Å²) in [6, 6.07) is 16.4. The van der Waals surface area contributed by atoms with Crippen LogP contribution in [0.25, 0.3) is 0 Å². The average Bonchev–Trinajstić information content (AvgIpc) is 2.67. The van der Waals surface area contributed by atoms with Crippen molar-refractivity contribution in [1.29, 1.82) is 5.26 Å². The van der Waals surface area contributed by atoms with E-state index in [1.165, 1.54) is 36.4 Å². The zero-order chi connectivity index (χ0) is 20.1. The second-order valence-electron chi connectivity index (χ2n) is 6.36. The fraction of sp³-hybridized carbons (Fsp3) is 0.136. The molecule has 0 bridgehead atoms. The molecule has 0 aliphatic carbocycles. The molecular weight excluding hydrogens is 360 g/mol. The van der Waals surface area contributed by atoms with Crippen LogP contribution in [0.1, 0.15) is 38.9 Å². The number of halogens is 2. The Hall–Kier alpha value is -3.59. The van der Waals surface area contributed by atoms with Crippen molar-refractivity contribution in [2.75, 3.05) is 0 Å². The van der Waals surface area contributed by atoms with Gasteiger partial charge in [-0.2, -0.15) is 5.26 Å². The maximum atomic E-state index is 13.7. The molecular formula is C22H17F2N3O. The van der Waals surface area contributed by atoms with Crippen LogP contribution in [0, 0.1) is 29.9 Å². The monoisotopic (exact) mass is 377 g/mol. The number of nitrogens with zero attached hydrogens (tertiary/aromatic N) is 2. The lowest BCUT2D eigenvalue weighted by molar-refractivity contribution is 0.0931. The van der Waals surface area contributed by atoms with E-state index < -0.39 is 17.8 Å². The van der Waals surface area contributed by atoms with E-state index in [1.54, 1.807) is 31.2 Å². The first-order valence-electron chi connectivity index (χ1n) is 8.65. The van der Waals surface area contributed by atoms with Crippen LogP contribution in [0.3, 0.4) is 0 Å². The number of hydrogen-bond donors (Lipinski definition) is 1. The van der Waals surface area contributed by atoms with Gasteiger partial charge >= 0.3 is 0 Å². The molecule has 0 fully saturated rings. The van der Waals surface area contributed by atoms with Gasteiger partial charge in [0.15, 0.2) is 0 Å². The van der Waals surface area contributed by atoms with Gasteiger partial charge in [0.2, 0.25) is 0 Å². The molecule has 6 heteroatoms. The first kappa shape index (κ1) is 19.2. The molecule has 2 aromatic carbocycles. The van der Waals surface area contributed by atoms with E-state index in [-0.39, 0.29) is 17.9 Å². The summed E-state index contributed by atoms with van der Waals surface area (Å²) in [4.78, 5) is 16.9. The maximum absolute atomic E-state index is 13.7. The van der Waals surface area contributed by atoms with E-state index in [4.69, 9.17) is 5.26 Å². The summed E-state index contributed by atoms with van der Waals surface area (Å²) >= 11 is 0. The summed E-state index contributed by atoms with van der Waals surface area (Å²) in [6.45, 7) is 1.64. The topological polar surface area (TPSA) is 65.8 Å². The highest BCUT2D eigenvalue weighted by Gasteiger charge is 2.19. The summed E-state index contributed by atoms with van der Waals surface area (Å²) in [7, 11) is 0. The minimum Gasteiger partial charge on any atom is -0.344 e. The Morgan fingerprint density at radius 1 is 1.11 bits per heavy atom. The standard InChI is InChI=1S/C22H17F2N3O/c1-14-17(13-25)8-9-20(26-14)22(28)27-21(16-5-3-7-19(24)12-16)11-15-4-2-6-18(23)10-15/h2-10,12,21H,11H2,1H3,(H,27,28). The molecule has 0 radical (unpaired) electrons. The van der Waals surface area contributed by atoms with Gasteiger partial charge in [-0.3, -0.25) is 4.79 Å². The Balaban J connectivity index is 1.89. The Morgan fingerprint density at radius 3 is 2.46 bits per heavy atom. The highest BCUT2D eigenvalue weighted by Crippen LogP contribution is 2.21. The van der Waals surface area contributed by atoms with Crippen LogP contribution in [-0.4, -0.2) is 10.9 Å². The number of carbonyl (C=O) groups is 1. The molecule has 0 aliphatic heterocycles. The molecule has 0 saturated carbocycles. The highest BCUT2D eigenvalue weighted by molar-refractivity contribution is 5.92. The van der Waals surface area contributed by atoms with Gasteiger partial charge in [-0.25, -0.2) is 13.8 Å². The van der Waals surface area contributed by atoms with E-state index in [0.717, 1.165) is 0 Å². The first-order valence-corrected chi connectivity index (χ1v) is 8.65. The number of nitriles is 1. The SMILES string of the molecule is Cc1nc(C(=O)NC(Cc2cccc(F)c2)c2cccc(F)c2)ccc1C#N. The van der Waals surface area contributed by atoms with Gasteiger partial charge in [0, 0.05) is 0 Å². The molecule has 28 heavy (non-hydrogen) atoms. The van der Waals surface area contributed by atoms with Gasteiger partial charge in [-0.15, -0.1) is 0 Å². The van der Waals surface area contributed by atoms with Crippen LogP contribution in [0.2, 0.25) is 0 Å². The number of amides is 1. The van der Waals surface area contributed by atoms with E-state index in [9.17, 15) is 13.6 Å². The lowest BCUT2D eigenvalue weighted by Gasteiger charge is -2.20. The van der Waals surface area contributed by atoms with Crippen molar-refractivity contribution in [2.45, 2.75) is 19.4 Å². The smallest absolute Gasteiger partial charge is 0.270 e. The molecule has 1 aromatic heterocycles. The first-order chi connectivity index (χ1) is 13.5. The van der Waals surface area contributed by atoms with Gasteiger partial charge in [-0.05, 0) is 60.9 Å². The fourth-order valence-corrected chi connectivity index (χ4v) is 2.91. The van der Waals surface area contributed by atoms with E-state index >= 15 is 0 Å². The molecule has 3 rings (SSSR count). The van der Waals surface area contributed by atoms with Crippen LogP contribution in [0.5, 0.6) is 0 Å². The zero-order valence-electron chi connectivity index (χ0n) is 15.1. The lowest BCUT2D eigenvalue weighted by atomic mass is 9.98. The molecule has 140 valence electrons. The van der Waals surface area contributed by atoms with E-state index in [0.29, 0.717) is 22.4 Å². The average molecular weight is 377 g/mol. The number of rotatable bonds is 5. The van der Waals surface area contributed by atoms with Crippen LogP contribution in [0.15, 0.2) is 60.7 Å². The normalized spacial score (nSPS) is 11.5. The maximum Gasteiger partial charge on any atom is 0.270 e. The van der Waals surface area contributed by atoms with Gasteiger partial charge in [0.25, 0.3) is 5.91 Å². The van der Waals surface area contributed by atoms with Crippen molar-refractivity contribution in [3.63, 3.8) is 0 Å². The van der Waals surface area contributed by atoms with E-state index in [1.807, 2.05) is 6.07 Å². The second kappa shape index (κ2) is 8.40. The predicted molar refractivity (Wildman–Crippen MR) is 100 cm³/mol. The van der Waals surface area contributed by atoms with Crippen molar-refractivity contribution in [3.05, 3.63) is 100 Å². The van der Waals surface area contributed by atoms with Crippen LogP contribution < -0.4 is 5.32 Å². The van der Waals surface area contributed by atoms with Crippen LogP contribution in [-0.2, 0) is 6.42 Å². The lowest BCUT2D eigenvalue weighted by Crippen LogP contribution is -2.31. The van der Waals surface area contributed by atoms with Crippen LogP contribution in [0.4, 0.5) is 8.78 Å². The van der Waals surface area contributed by atoms with E-state index in [2.05, 4.69) is 10.3 Å². The Labute approximate surface area is 161 Å². The number of carbonyl (C=O) groups excluding carboxylic acids is 1. The minimum atomic E-state index is -0.581. The number of aryl methyl sites for hydroxylation is 1. The molecule has 0 aliphatic rings. The van der Waals surface area contributed by atoms with Gasteiger partial charge in [-0.1, -0.05) is 24.3 Å². The predicted octanol–water partition coefficient (Wildman–Crippen LogP) is 4.25. The Kier molecular flexibility index (Phi) is 5.75. The highest BCUT2D eigenvalue weighted by atomic mass is 19.1. The third-order valence-electron chi connectivity index (χ3n) is 4.32. The molecule has 1 N–H and O–H groups in total. The number of hydrogen-bond acceptors (Lipinski definition) is 3. The number of benzene rings is 2. The largest absolute Gasteiger partial charge is 0.344 e. The third kappa shape index (κ3) is 4.57. The van der Waals surface area contributed by atoms with Gasteiger partial charge in [0.1, 0.15) is 23.4 Å². The van der Waals surface area contributed by atoms with Crippen molar-refractivity contribution in [1.82, 2.24) is 10.3 Å². The molecule has 3 aromatic rings. The summed E-state index contributed by atoms with van der Waals surface area (Å²) in [5.74, 6) is -1.27. The molecule has 4 nitrogen and oxygen atoms in total. The van der Waals surface area contributed by atoms with Crippen LogP contribution >= 0.6 is 0 Å². The molecule has 1 heterocycles. The molecule has 0 spiro atoms. The quantitative estimate of drug-likeness (QED) is 0.723. The summed E-state index contributed by atoms with van der Waals surface area (Å²) < 4.78 is 27.3. The van der Waals surface area contributed by atoms with Crippen molar-refractivity contribution >= 4 is 5.91 Å². The fourth-order valence-electron chi connectivity index (χ4n) is 2.91. The molecule has 1 unspecified atom stereocenters. The Bertz CT molecular complexity index is 1060. The molecule has 1 atom stereocenters. The van der Waals surface area contributed by atoms with Gasteiger partial charge in [0.05, 0.1) is 17.3 Å². The zero-order valence-corrected chi connectivity index (χ0v) is 15.1. The minimum absolute atomic E-state index is 0.150. The van der Waals surface area contributed by atoms with Gasteiger partial charge < -0.3 is 5.32 Å². The number of aromatic nitrogens is 1. The number of nitrogens with one attached hydrogen (secondary N) is 1. The summed E-state index contributed by atoms with van der Waals surface area (Å²) in [5, 5.41) is 11.8. The van der Waals surface area contributed by atoms with Crippen molar-refractivity contribution in [2.24, 2.45) is 0 Å². The van der Waals surface area contributed by atoms with Crippen molar-refractivity contribution in [3.8, 4) is 6.07 Å². The summed E-state index contributed by atoms with van der Waals surface area (Å²) in [6.07, 6.45) is 0.280. The molecule has 1 amide bonds. The van der Waals surface area contributed by atoms with Crippen molar-refractivity contribution < 1.29 is 13.6 Å². The summed E-state index contributed by atoms with van der Waals surface area (Å²) in [5.41, 5.74) is 2.21. The second-order valence-corrected chi connectivity index (χ2v) is 6.36. The Morgan fingerprint density at radius 2 is 1.82 bits per heavy atom. The third-order valence-corrected chi connectivity index (χ3v) is 4.32. The molecule has 0 saturated heterocycles. The number of pyridine rings is 1.